The van der Waals surface area contributed by atoms with Gasteiger partial charge in [-0.25, -0.2) is 18.4 Å². The lowest BCUT2D eigenvalue weighted by atomic mass is 10.0. The summed E-state index contributed by atoms with van der Waals surface area (Å²) in [5.74, 6) is 0. The molecule has 0 aliphatic rings. The van der Waals surface area contributed by atoms with Gasteiger partial charge in [0.25, 0.3) is 5.56 Å². The van der Waals surface area contributed by atoms with E-state index in [0.717, 1.165) is 0 Å². The van der Waals surface area contributed by atoms with Crippen LogP contribution in [0.5, 0.6) is 0 Å². The summed E-state index contributed by atoms with van der Waals surface area (Å²) in [5.41, 5.74) is -0.178. The third kappa shape index (κ3) is 2.81. The maximum absolute atomic E-state index is 12.2. The second kappa shape index (κ2) is 5.18. The van der Waals surface area contributed by atoms with Crippen LogP contribution in [0.25, 0.3) is 10.9 Å². The number of aromatic amines is 2. The van der Waals surface area contributed by atoms with Gasteiger partial charge in [0, 0.05) is 19.7 Å². The summed E-state index contributed by atoms with van der Waals surface area (Å²) in [6.07, 6.45) is 3.39. The van der Waals surface area contributed by atoms with E-state index in [4.69, 9.17) is 5.14 Å². The van der Waals surface area contributed by atoms with Gasteiger partial charge in [-0.05, 0) is 23.3 Å². The van der Waals surface area contributed by atoms with Crippen LogP contribution < -0.4 is 16.4 Å². The van der Waals surface area contributed by atoms with E-state index >= 15 is 0 Å². The number of sulfonamides is 1. The molecule has 120 valence electrons. The van der Waals surface area contributed by atoms with Crippen LogP contribution in [0.4, 0.5) is 0 Å². The van der Waals surface area contributed by atoms with Crippen molar-refractivity contribution in [1.82, 2.24) is 19.7 Å². The number of nitrogens with zero attached hydrogens (tertiary/aromatic N) is 2. The quantitative estimate of drug-likeness (QED) is 0.573. The molecule has 0 saturated heterocycles. The topological polar surface area (TPSA) is 144 Å². The fraction of sp³-hybridized carbons (Fsp3) is 0.154. The molecule has 1 aromatic carbocycles. The van der Waals surface area contributed by atoms with Crippen molar-refractivity contribution in [2.24, 2.45) is 12.2 Å². The van der Waals surface area contributed by atoms with Crippen molar-refractivity contribution in [3.63, 3.8) is 0 Å². The average molecular weight is 335 g/mol. The molecule has 2 heterocycles. The zero-order valence-corrected chi connectivity index (χ0v) is 12.8. The third-order valence-corrected chi connectivity index (χ3v) is 4.41. The molecule has 9 nitrogen and oxygen atoms in total. The molecule has 0 radical (unpaired) electrons. The highest BCUT2D eigenvalue weighted by Crippen LogP contribution is 2.23. The Morgan fingerprint density at radius 2 is 2.00 bits per heavy atom. The number of hydrogen-bond donors (Lipinski definition) is 3. The first-order chi connectivity index (χ1) is 10.8. The van der Waals surface area contributed by atoms with Gasteiger partial charge in [-0.1, -0.05) is 0 Å². The van der Waals surface area contributed by atoms with E-state index in [-0.39, 0.29) is 27.8 Å². The van der Waals surface area contributed by atoms with Gasteiger partial charge in [0.2, 0.25) is 10.0 Å². The molecule has 0 bridgehead atoms. The monoisotopic (exact) mass is 335 g/mol. The van der Waals surface area contributed by atoms with Crippen molar-refractivity contribution in [2.75, 3.05) is 0 Å². The Labute approximate surface area is 129 Å². The minimum Gasteiger partial charge on any atom is -0.307 e. The standard InChI is InChI=1S/C13H13N5O4S/c1-18-6-7(5-15-18)4-8-10(23(14,21)22)3-2-9-11(8)12(19)17-13(20)16-9/h2-3,5-6H,4H2,1H3,(H2,14,21,22)(H2,16,17,19,20). The van der Waals surface area contributed by atoms with Crippen LogP contribution in [-0.4, -0.2) is 28.2 Å². The van der Waals surface area contributed by atoms with E-state index in [9.17, 15) is 18.0 Å². The summed E-state index contributed by atoms with van der Waals surface area (Å²) in [7, 11) is -2.32. The highest BCUT2D eigenvalue weighted by molar-refractivity contribution is 7.89. The van der Waals surface area contributed by atoms with Crippen molar-refractivity contribution in [1.29, 1.82) is 0 Å². The fourth-order valence-corrected chi connectivity index (χ4v) is 3.30. The summed E-state index contributed by atoms with van der Waals surface area (Å²) >= 11 is 0. The SMILES string of the molecule is Cn1cc(Cc2c(S(N)(=O)=O)ccc3[nH]c(=O)[nH]c(=O)c23)cn1. The van der Waals surface area contributed by atoms with Gasteiger partial charge in [0.05, 0.1) is 22.0 Å². The van der Waals surface area contributed by atoms with E-state index in [0.29, 0.717) is 5.56 Å². The third-order valence-electron chi connectivity index (χ3n) is 3.42. The smallest absolute Gasteiger partial charge is 0.307 e. The molecule has 0 atom stereocenters. The van der Waals surface area contributed by atoms with E-state index in [2.05, 4.69) is 15.1 Å². The largest absolute Gasteiger partial charge is 0.326 e. The van der Waals surface area contributed by atoms with Gasteiger partial charge in [-0.3, -0.25) is 14.5 Å². The van der Waals surface area contributed by atoms with Crippen LogP contribution in [0.15, 0.2) is 39.0 Å². The Hall–Kier alpha value is -2.72. The van der Waals surface area contributed by atoms with Crippen LogP contribution in [-0.2, 0) is 23.5 Å². The van der Waals surface area contributed by atoms with Crippen LogP contribution >= 0.6 is 0 Å². The molecule has 4 N–H and O–H groups in total. The Kier molecular flexibility index (Phi) is 3.42. The first kappa shape index (κ1) is 15.2. The minimum absolute atomic E-state index is 0.0833. The Morgan fingerprint density at radius 3 is 2.61 bits per heavy atom. The molecule has 0 unspecified atom stereocenters. The van der Waals surface area contributed by atoms with Gasteiger partial charge in [0.15, 0.2) is 0 Å². The first-order valence-corrected chi connectivity index (χ1v) is 8.09. The van der Waals surface area contributed by atoms with Crippen molar-refractivity contribution < 1.29 is 8.42 Å². The summed E-state index contributed by atoms with van der Waals surface area (Å²) in [5, 5.41) is 9.35. The van der Waals surface area contributed by atoms with Crippen molar-refractivity contribution in [3.05, 3.63) is 56.5 Å². The Morgan fingerprint density at radius 1 is 1.26 bits per heavy atom. The Bertz CT molecular complexity index is 1120. The van der Waals surface area contributed by atoms with Crippen LogP contribution in [0.2, 0.25) is 0 Å². The molecule has 10 heteroatoms. The van der Waals surface area contributed by atoms with Crippen LogP contribution in [0.1, 0.15) is 11.1 Å². The maximum Gasteiger partial charge on any atom is 0.326 e. The number of aryl methyl sites for hydroxylation is 1. The highest BCUT2D eigenvalue weighted by Gasteiger charge is 2.20. The van der Waals surface area contributed by atoms with Gasteiger partial charge in [-0.2, -0.15) is 5.10 Å². The second-order valence-corrected chi connectivity index (χ2v) is 6.65. The number of rotatable bonds is 3. The van der Waals surface area contributed by atoms with Crippen molar-refractivity contribution in [3.8, 4) is 0 Å². The summed E-state index contributed by atoms with van der Waals surface area (Å²) in [4.78, 5) is 28.0. The van der Waals surface area contributed by atoms with Crippen molar-refractivity contribution in [2.45, 2.75) is 11.3 Å². The number of benzene rings is 1. The van der Waals surface area contributed by atoms with E-state index in [1.54, 1.807) is 24.1 Å². The molecule has 0 aliphatic carbocycles. The van der Waals surface area contributed by atoms with Crippen LogP contribution in [0, 0.1) is 0 Å². The zero-order valence-electron chi connectivity index (χ0n) is 12.0. The van der Waals surface area contributed by atoms with Gasteiger partial charge < -0.3 is 4.98 Å². The number of hydrogen-bond acceptors (Lipinski definition) is 5. The number of nitrogens with two attached hydrogens (primary N) is 1. The molecular formula is C13H13N5O4S. The molecule has 0 aliphatic heterocycles. The molecule has 23 heavy (non-hydrogen) atoms. The number of primary sulfonamides is 1. The lowest BCUT2D eigenvalue weighted by Gasteiger charge is -2.10. The zero-order chi connectivity index (χ0) is 16.8. The van der Waals surface area contributed by atoms with E-state index in [1.165, 1.54) is 12.1 Å². The number of H-pyrrole nitrogens is 2. The number of fused-ring (bicyclic) bond motifs is 1. The Balaban J connectivity index is 2.38. The summed E-state index contributed by atoms with van der Waals surface area (Å²) in [6, 6.07) is 2.62. The lowest BCUT2D eigenvalue weighted by Crippen LogP contribution is -2.24. The maximum atomic E-state index is 12.2. The fourth-order valence-electron chi connectivity index (χ4n) is 2.52. The molecule has 2 aromatic heterocycles. The molecule has 0 amide bonds. The van der Waals surface area contributed by atoms with Crippen molar-refractivity contribution >= 4 is 20.9 Å². The average Bonchev–Trinajstić information content (AvgIpc) is 2.82. The van der Waals surface area contributed by atoms with Gasteiger partial charge in [0.1, 0.15) is 0 Å². The molecule has 3 rings (SSSR count). The van der Waals surface area contributed by atoms with E-state index in [1.807, 2.05) is 0 Å². The number of aromatic nitrogens is 4. The number of nitrogens with one attached hydrogen (secondary N) is 2. The molecular weight excluding hydrogens is 322 g/mol. The van der Waals surface area contributed by atoms with Gasteiger partial charge >= 0.3 is 5.69 Å². The second-order valence-electron chi connectivity index (χ2n) is 5.12. The molecule has 0 spiro atoms. The van der Waals surface area contributed by atoms with Gasteiger partial charge in [-0.15, -0.1) is 0 Å². The molecule has 0 fully saturated rings. The van der Waals surface area contributed by atoms with Crippen LogP contribution in [0.3, 0.4) is 0 Å². The summed E-state index contributed by atoms with van der Waals surface area (Å²) in [6.45, 7) is 0. The first-order valence-electron chi connectivity index (χ1n) is 6.54. The van der Waals surface area contributed by atoms with E-state index < -0.39 is 21.3 Å². The predicted octanol–water partition coefficient (Wildman–Crippen LogP) is -0.812. The molecule has 0 saturated carbocycles. The minimum atomic E-state index is -4.04. The lowest BCUT2D eigenvalue weighted by molar-refractivity contribution is 0.597. The highest BCUT2D eigenvalue weighted by atomic mass is 32.2. The summed E-state index contributed by atoms with van der Waals surface area (Å²) < 4.78 is 25.2. The normalized spacial score (nSPS) is 11.9. The predicted molar refractivity (Wildman–Crippen MR) is 82.6 cm³/mol. The molecule has 3 aromatic rings.